The van der Waals surface area contributed by atoms with Crippen LogP contribution in [0.3, 0.4) is 0 Å². The van der Waals surface area contributed by atoms with E-state index in [1.54, 1.807) is 0 Å². The van der Waals surface area contributed by atoms with Crippen molar-refractivity contribution in [3.05, 3.63) is 0 Å². The van der Waals surface area contributed by atoms with E-state index in [2.05, 4.69) is 10.5 Å². The second kappa shape index (κ2) is 5.71. The fourth-order valence-electron chi connectivity index (χ4n) is 2.97. The molecule has 0 bridgehead atoms. The Morgan fingerprint density at radius 1 is 1.35 bits per heavy atom. The number of amidine groups is 1. The van der Waals surface area contributed by atoms with Crippen LogP contribution in [0.25, 0.3) is 0 Å². The maximum absolute atomic E-state index is 8.58. The highest BCUT2D eigenvalue weighted by Crippen LogP contribution is 2.48. The molecule has 0 aromatic rings. The van der Waals surface area contributed by atoms with E-state index in [-0.39, 0.29) is 0 Å². The molecule has 98 valence electrons. The van der Waals surface area contributed by atoms with Gasteiger partial charge in [0.15, 0.2) is 0 Å². The van der Waals surface area contributed by atoms with Crippen molar-refractivity contribution in [2.24, 2.45) is 22.2 Å². The molecule has 0 aliphatic heterocycles. The molecule has 0 aromatic heterocycles. The largest absolute Gasteiger partial charge is 0.409 e. The Bertz CT molecular complexity index is 268. The first kappa shape index (κ1) is 12.7. The molecule has 0 spiro atoms. The van der Waals surface area contributed by atoms with Gasteiger partial charge >= 0.3 is 0 Å². The monoisotopic (exact) mass is 239 g/mol. The molecule has 0 saturated heterocycles. The second-order valence-corrected chi connectivity index (χ2v) is 5.88. The molecule has 17 heavy (non-hydrogen) atoms. The second-order valence-electron chi connectivity index (χ2n) is 5.88. The van der Waals surface area contributed by atoms with Crippen molar-refractivity contribution in [1.29, 1.82) is 0 Å². The van der Waals surface area contributed by atoms with E-state index in [9.17, 15) is 0 Å². The van der Waals surface area contributed by atoms with E-state index in [0.717, 1.165) is 25.4 Å². The third-order valence-electron chi connectivity index (χ3n) is 4.35. The molecule has 0 aromatic carbocycles. The van der Waals surface area contributed by atoms with Gasteiger partial charge in [0.25, 0.3) is 0 Å². The zero-order chi connectivity index (χ0) is 12.1. The number of hydrogen-bond donors (Lipinski definition) is 3. The maximum Gasteiger partial charge on any atom is 0.139 e. The summed E-state index contributed by atoms with van der Waals surface area (Å²) in [7, 11) is 0. The fraction of sp³-hybridized carbons (Fsp3) is 0.923. The summed E-state index contributed by atoms with van der Waals surface area (Å²) in [6.07, 6.45) is 10.2. The highest BCUT2D eigenvalue weighted by Gasteiger charge is 2.42. The minimum Gasteiger partial charge on any atom is -0.409 e. The van der Waals surface area contributed by atoms with Crippen LogP contribution >= 0.6 is 0 Å². The molecule has 0 heterocycles. The number of nitrogens with zero attached hydrogens (tertiary/aromatic N) is 1. The van der Waals surface area contributed by atoms with Gasteiger partial charge in [-0.25, -0.2) is 0 Å². The van der Waals surface area contributed by atoms with Gasteiger partial charge in [0, 0.05) is 13.0 Å². The Hall–Kier alpha value is -0.770. The van der Waals surface area contributed by atoms with E-state index >= 15 is 0 Å². The number of nitrogens with two attached hydrogens (primary N) is 1. The van der Waals surface area contributed by atoms with Crippen LogP contribution in [0, 0.1) is 11.3 Å². The molecule has 2 aliphatic carbocycles. The first-order chi connectivity index (χ1) is 8.24. The molecule has 0 radical (unpaired) electrons. The van der Waals surface area contributed by atoms with Gasteiger partial charge < -0.3 is 16.3 Å². The first-order valence-electron chi connectivity index (χ1n) is 6.91. The molecule has 0 unspecified atom stereocenters. The highest BCUT2D eigenvalue weighted by molar-refractivity contribution is 5.80. The highest BCUT2D eigenvalue weighted by atomic mass is 16.4. The van der Waals surface area contributed by atoms with Crippen LogP contribution in [-0.4, -0.2) is 24.1 Å². The van der Waals surface area contributed by atoms with Crippen LogP contribution in [0.4, 0.5) is 0 Å². The van der Waals surface area contributed by atoms with Gasteiger partial charge in [-0.05, 0) is 37.1 Å². The van der Waals surface area contributed by atoms with Crippen molar-refractivity contribution < 1.29 is 5.21 Å². The predicted octanol–water partition coefficient (Wildman–Crippen LogP) is 2.07. The lowest BCUT2D eigenvalue weighted by atomic mass is 10.0. The van der Waals surface area contributed by atoms with E-state index in [0.29, 0.717) is 11.3 Å². The molecule has 2 fully saturated rings. The molecular formula is C13H25N3O. The summed E-state index contributed by atoms with van der Waals surface area (Å²) in [5.74, 6) is 1.34. The number of rotatable bonds is 7. The molecule has 2 rings (SSSR count). The molecule has 0 amide bonds. The van der Waals surface area contributed by atoms with E-state index in [1.807, 2.05) is 0 Å². The molecule has 4 heteroatoms. The summed E-state index contributed by atoms with van der Waals surface area (Å²) in [5, 5.41) is 15.2. The molecule has 0 atom stereocenters. The minimum absolute atomic E-state index is 0.298. The minimum atomic E-state index is 0.298. The topological polar surface area (TPSA) is 70.6 Å². The van der Waals surface area contributed by atoms with Crippen molar-refractivity contribution >= 4 is 5.84 Å². The summed E-state index contributed by atoms with van der Waals surface area (Å²) in [6.45, 7) is 2.15. The zero-order valence-corrected chi connectivity index (χ0v) is 10.6. The van der Waals surface area contributed by atoms with Gasteiger partial charge in [-0.2, -0.15) is 0 Å². The quantitative estimate of drug-likeness (QED) is 0.209. The Balaban J connectivity index is 1.58. The van der Waals surface area contributed by atoms with Gasteiger partial charge in [-0.1, -0.05) is 30.8 Å². The SMILES string of the molecule is NC(CC1(CNCCC2CCCC2)CC1)=NO. The normalized spacial score (nSPS) is 24.1. The van der Waals surface area contributed by atoms with E-state index in [4.69, 9.17) is 10.9 Å². The van der Waals surface area contributed by atoms with Gasteiger partial charge in [0.2, 0.25) is 0 Å². The lowest BCUT2D eigenvalue weighted by Gasteiger charge is -2.16. The number of oxime groups is 1. The first-order valence-corrected chi connectivity index (χ1v) is 6.91. The molecule has 2 saturated carbocycles. The molecule has 4 nitrogen and oxygen atoms in total. The van der Waals surface area contributed by atoms with Gasteiger partial charge in [-0.3, -0.25) is 0 Å². The van der Waals surface area contributed by atoms with E-state index < -0.39 is 0 Å². The standard InChI is InChI=1S/C13H25N3O/c14-12(16-17)9-13(6-7-13)10-15-8-5-11-3-1-2-4-11/h11,15,17H,1-10H2,(H2,14,16). The Kier molecular flexibility index (Phi) is 4.26. The van der Waals surface area contributed by atoms with Crippen molar-refractivity contribution in [2.75, 3.05) is 13.1 Å². The summed E-state index contributed by atoms with van der Waals surface area (Å²) in [5.41, 5.74) is 5.87. The molecule has 4 N–H and O–H groups in total. The molecule has 2 aliphatic rings. The van der Waals surface area contributed by atoms with Crippen LogP contribution in [0.1, 0.15) is 51.4 Å². The van der Waals surface area contributed by atoms with Crippen molar-refractivity contribution in [3.8, 4) is 0 Å². The van der Waals surface area contributed by atoms with Crippen LogP contribution < -0.4 is 11.1 Å². The summed E-state index contributed by atoms with van der Waals surface area (Å²) in [6, 6.07) is 0. The van der Waals surface area contributed by atoms with Crippen LogP contribution in [0.15, 0.2) is 5.16 Å². The lowest BCUT2D eigenvalue weighted by Crippen LogP contribution is -2.29. The third-order valence-corrected chi connectivity index (χ3v) is 4.35. The smallest absolute Gasteiger partial charge is 0.139 e. The predicted molar refractivity (Wildman–Crippen MR) is 69.1 cm³/mol. The van der Waals surface area contributed by atoms with Crippen LogP contribution in [-0.2, 0) is 0 Å². The van der Waals surface area contributed by atoms with Crippen LogP contribution in [0.2, 0.25) is 0 Å². The summed E-state index contributed by atoms with van der Waals surface area (Å²) in [4.78, 5) is 0. The van der Waals surface area contributed by atoms with Gasteiger partial charge in [0.05, 0.1) is 0 Å². The lowest BCUT2D eigenvalue weighted by molar-refractivity contribution is 0.314. The zero-order valence-electron chi connectivity index (χ0n) is 10.6. The average molecular weight is 239 g/mol. The van der Waals surface area contributed by atoms with Crippen molar-refractivity contribution in [3.63, 3.8) is 0 Å². The Labute approximate surface area is 104 Å². The van der Waals surface area contributed by atoms with Gasteiger partial charge in [0.1, 0.15) is 5.84 Å². The van der Waals surface area contributed by atoms with Crippen LogP contribution in [0.5, 0.6) is 0 Å². The van der Waals surface area contributed by atoms with Gasteiger partial charge in [-0.15, -0.1) is 0 Å². The molecular weight excluding hydrogens is 214 g/mol. The number of hydrogen-bond acceptors (Lipinski definition) is 3. The number of nitrogens with one attached hydrogen (secondary N) is 1. The summed E-state index contributed by atoms with van der Waals surface area (Å²) >= 11 is 0. The van der Waals surface area contributed by atoms with Crippen molar-refractivity contribution in [1.82, 2.24) is 5.32 Å². The van der Waals surface area contributed by atoms with Crippen molar-refractivity contribution in [2.45, 2.75) is 51.4 Å². The Morgan fingerprint density at radius 3 is 2.65 bits per heavy atom. The average Bonchev–Trinajstić information content (AvgIpc) is 2.89. The maximum atomic E-state index is 8.58. The third kappa shape index (κ3) is 3.87. The Morgan fingerprint density at radius 2 is 2.06 bits per heavy atom. The fourth-order valence-corrected chi connectivity index (χ4v) is 2.97. The van der Waals surface area contributed by atoms with E-state index in [1.165, 1.54) is 44.9 Å². The summed E-state index contributed by atoms with van der Waals surface area (Å²) < 4.78 is 0.